The quantitative estimate of drug-likeness (QED) is 0.378. The molecule has 6 aliphatic carbocycles. The van der Waals surface area contributed by atoms with Gasteiger partial charge in [0.05, 0.1) is 0 Å². The van der Waals surface area contributed by atoms with Crippen LogP contribution in [0.1, 0.15) is 129 Å². The molecule has 210 valence electrons. The van der Waals surface area contributed by atoms with Gasteiger partial charge in [-0.05, 0) is 118 Å². The number of nitrogens with zero attached hydrogens (tertiary/aromatic N) is 1. The fraction of sp³-hybridized carbons (Fsp3) is 0.848. The highest BCUT2D eigenvalue weighted by Gasteiger charge is 2.61. The van der Waals surface area contributed by atoms with Gasteiger partial charge in [-0.1, -0.05) is 57.9 Å². The van der Waals surface area contributed by atoms with E-state index in [1.807, 2.05) is 6.08 Å². The molecule has 6 rings (SSSR count). The lowest BCUT2D eigenvalue weighted by Crippen LogP contribution is -2.57. The highest BCUT2D eigenvalue weighted by atomic mass is 32.1. The largest absolute Gasteiger partial charge is 0.359 e. The van der Waals surface area contributed by atoms with E-state index >= 15 is 0 Å². The number of hydrogen-bond acceptors (Lipinski definition) is 3. The van der Waals surface area contributed by atoms with Crippen molar-refractivity contribution in [2.45, 2.75) is 142 Å². The summed E-state index contributed by atoms with van der Waals surface area (Å²) in [6.45, 7) is 4.93. The third-order valence-corrected chi connectivity index (χ3v) is 12.9. The standard InChI is InChI=1S/C33H50N2O2S/c1-32-19-17-25(36)21-22(32)13-14-26-27-15-16-29(33(27,2)20-18-28(26)32)30(37)35(24-11-7-4-8-12-24)31(38)34-23-9-5-3-6-10-23/h21,23-24,26-29H,3-20H2,1-2H3,(H,34,38)/t26-,27-,28+,29?,32-,33-/m0/s1. The van der Waals surface area contributed by atoms with E-state index in [4.69, 9.17) is 12.2 Å². The molecule has 1 amide bonds. The molecular weight excluding hydrogens is 488 g/mol. The number of amides is 1. The number of carbonyl (C=O) groups excluding carboxylic acids is 2. The first-order chi connectivity index (χ1) is 18.3. The van der Waals surface area contributed by atoms with E-state index in [0.29, 0.717) is 41.9 Å². The minimum atomic E-state index is 0.0771. The van der Waals surface area contributed by atoms with E-state index in [9.17, 15) is 9.59 Å². The number of rotatable bonds is 3. The Kier molecular flexibility index (Phi) is 7.55. The molecule has 5 saturated carbocycles. The van der Waals surface area contributed by atoms with Gasteiger partial charge in [0, 0.05) is 24.4 Å². The van der Waals surface area contributed by atoms with Crippen molar-refractivity contribution >= 4 is 29.0 Å². The summed E-state index contributed by atoms with van der Waals surface area (Å²) in [5.74, 6) is 2.77. The molecule has 1 unspecified atom stereocenters. The van der Waals surface area contributed by atoms with Crippen molar-refractivity contribution < 1.29 is 9.59 Å². The molecule has 0 saturated heterocycles. The van der Waals surface area contributed by atoms with Crippen LogP contribution in [0, 0.1) is 34.5 Å². The van der Waals surface area contributed by atoms with Gasteiger partial charge < -0.3 is 5.32 Å². The van der Waals surface area contributed by atoms with Gasteiger partial charge in [0.25, 0.3) is 0 Å². The molecule has 0 bridgehead atoms. The SMILES string of the molecule is C[C@]12CCC(=O)C=C1CC[C@@H]1[C@H]2CC[C@]2(C)C(C(=O)N(C(=S)NC3CCCCC3)C3CCCCC3)CC[C@@H]12. The second kappa shape index (κ2) is 10.6. The summed E-state index contributed by atoms with van der Waals surface area (Å²) in [6.07, 6.45) is 22.7. The molecule has 1 N–H and O–H groups in total. The molecule has 0 heterocycles. The monoisotopic (exact) mass is 538 g/mol. The zero-order valence-corrected chi connectivity index (χ0v) is 24.8. The van der Waals surface area contributed by atoms with Crippen molar-refractivity contribution in [3.8, 4) is 0 Å². The Labute approximate surface area is 236 Å². The topological polar surface area (TPSA) is 49.4 Å². The second-order valence-corrected chi connectivity index (χ2v) is 14.8. The van der Waals surface area contributed by atoms with Gasteiger partial charge in [0.2, 0.25) is 5.91 Å². The van der Waals surface area contributed by atoms with Gasteiger partial charge in [-0.25, -0.2) is 0 Å². The summed E-state index contributed by atoms with van der Waals surface area (Å²) >= 11 is 6.07. The lowest BCUT2D eigenvalue weighted by atomic mass is 9.47. The van der Waals surface area contributed by atoms with Crippen molar-refractivity contribution in [2.75, 3.05) is 0 Å². The van der Waals surface area contributed by atoms with Crippen LogP contribution in [0.2, 0.25) is 0 Å². The normalized spacial score (nSPS) is 39.9. The molecule has 5 fully saturated rings. The van der Waals surface area contributed by atoms with Crippen LogP contribution < -0.4 is 5.32 Å². The zero-order chi connectivity index (χ0) is 26.5. The maximum Gasteiger partial charge on any atom is 0.232 e. The third kappa shape index (κ3) is 4.61. The molecule has 5 heteroatoms. The summed E-state index contributed by atoms with van der Waals surface area (Å²) in [5.41, 5.74) is 1.71. The summed E-state index contributed by atoms with van der Waals surface area (Å²) in [4.78, 5) is 29.0. The molecule has 0 aromatic heterocycles. The molecule has 0 spiro atoms. The second-order valence-electron chi connectivity index (χ2n) is 14.4. The predicted octanol–water partition coefficient (Wildman–Crippen LogP) is 7.50. The van der Waals surface area contributed by atoms with Crippen LogP contribution >= 0.6 is 12.2 Å². The van der Waals surface area contributed by atoms with E-state index in [2.05, 4.69) is 24.1 Å². The maximum atomic E-state index is 14.6. The summed E-state index contributed by atoms with van der Waals surface area (Å²) in [5, 5.41) is 4.43. The fourth-order valence-electron chi connectivity index (χ4n) is 10.4. The van der Waals surface area contributed by atoms with Crippen molar-refractivity contribution in [1.82, 2.24) is 10.2 Å². The van der Waals surface area contributed by atoms with Crippen LogP contribution in [-0.2, 0) is 9.59 Å². The molecule has 0 aromatic carbocycles. The Morgan fingerprint density at radius 1 is 0.868 bits per heavy atom. The molecule has 38 heavy (non-hydrogen) atoms. The average molecular weight is 539 g/mol. The Morgan fingerprint density at radius 2 is 1.58 bits per heavy atom. The zero-order valence-electron chi connectivity index (χ0n) is 23.9. The van der Waals surface area contributed by atoms with Crippen LogP contribution in [0.5, 0.6) is 0 Å². The van der Waals surface area contributed by atoms with Gasteiger partial charge in [-0.3, -0.25) is 14.5 Å². The van der Waals surface area contributed by atoms with E-state index in [0.717, 1.165) is 43.6 Å². The van der Waals surface area contributed by atoms with Crippen molar-refractivity contribution in [3.63, 3.8) is 0 Å². The third-order valence-electron chi connectivity index (χ3n) is 12.6. The minimum absolute atomic E-state index is 0.0771. The Balaban J connectivity index is 1.23. The highest BCUT2D eigenvalue weighted by Crippen LogP contribution is 2.66. The molecule has 0 aromatic rings. The Morgan fingerprint density at radius 3 is 2.32 bits per heavy atom. The van der Waals surface area contributed by atoms with Gasteiger partial charge in [0.15, 0.2) is 10.9 Å². The highest BCUT2D eigenvalue weighted by molar-refractivity contribution is 7.80. The predicted molar refractivity (Wildman–Crippen MR) is 157 cm³/mol. The van der Waals surface area contributed by atoms with Crippen LogP contribution in [-0.4, -0.2) is 33.8 Å². The fourth-order valence-corrected chi connectivity index (χ4v) is 10.8. The lowest BCUT2D eigenvalue weighted by Gasteiger charge is -2.58. The van der Waals surface area contributed by atoms with Crippen molar-refractivity contribution in [1.29, 1.82) is 0 Å². The van der Waals surface area contributed by atoms with Crippen LogP contribution in [0.15, 0.2) is 11.6 Å². The maximum absolute atomic E-state index is 14.6. The molecule has 6 atom stereocenters. The minimum Gasteiger partial charge on any atom is -0.359 e. The van der Waals surface area contributed by atoms with Crippen LogP contribution in [0.4, 0.5) is 0 Å². The molecule has 6 aliphatic rings. The van der Waals surface area contributed by atoms with Crippen molar-refractivity contribution in [3.05, 3.63) is 11.6 Å². The first kappa shape index (κ1) is 27.0. The van der Waals surface area contributed by atoms with E-state index in [-0.39, 0.29) is 22.8 Å². The van der Waals surface area contributed by atoms with Crippen LogP contribution in [0.25, 0.3) is 0 Å². The number of fused-ring (bicyclic) bond motifs is 5. The number of thiocarbonyl (C=S) groups is 1. The summed E-state index contributed by atoms with van der Waals surface area (Å²) in [7, 11) is 0. The smallest absolute Gasteiger partial charge is 0.232 e. The Bertz CT molecular complexity index is 979. The van der Waals surface area contributed by atoms with Gasteiger partial charge in [-0.2, -0.15) is 0 Å². The number of hydrogen-bond donors (Lipinski definition) is 1. The average Bonchev–Trinajstić information content (AvgIpc) is 3.27. The first-order valence-electron chi connectivity index (χ1n) is 16.2. The molecule has 0 aliphatic heterocycles. The lowest BCUT2D eigenvalue weighted by molar-refractivity contribution is -0.141. The summed E-state index contributed by atoms with van der Waals surface area (Å²) < 4.78 is 0. The van der Waals surface area contributed by atoms with E-state index < -0.39 is 0 Å². The van der Waals surface area contributed by atoms with Gasteiger partial charge in [-0.15, -0.1) is 0 Å². The Hall–Kier alpha value is -1.23. The van der Waals surface area contributed by atoms with E-state index in [1.54, 1.807) is 0 Å². The first-order valence-corrected chi connectivity index (χ1v) is 16.6. The van der Waals surface area contributed by atoms with Crippen molar-refractivity contribution in [2.24, 2.45) is 34.5 Å². The number of carbonyl (C=O) groups is 2. The summed E-state index contributed by atoms with van der Waals surface area (Å²) in [6, 6.07) is 0.713. The number of allylic oxidation sites excluding steroid dienone is 1. The van der Waals surface area contributed by atoms with Crippen LogP contribution in [0.3, 0.4) is 0 Å². The molecular formula is C33H50N2O2S. The number of ketones is 1. The molecule has 4 nitrogen and oxygen atoms in total. The van der Waals surface area contributed by atoms with Gasteiger partial charge >= 0.3 is 0 Å². The number of nitrogens with one attached hydrogen (secondary N) is 1. The van der Waals surface area contributed by atoms with Gasteiger partial charge in [0.1, 0.15) is 0 Å². The van der Waals surface area contributed by atoms with E-state index in [1.165, 1.54) is 76.2 Å². The molecule has 0 radical (unpaired) electrons.